The largest absolute Gasteiger partial charge is 0.394 e. The standard InChI is InChI=1S/C20H28O11/c21-7-12-15(25)16(26)18(28)20(30-12)31-19-13(8-22)29-11(14(24)17(19)27)6-10(23)9-4-2-1-3-5-9/h1-5,11-22,24-28H,6-8H2/t11-,12+,13+,14-,15-,16-,17+,18+,19+,20-/m0/s1. The molecule has 11 heteroatoms. The molecule has 2 heterocycles. The zero-order valence-corrected chi connectivity index (χ0v) is 16.5. The average molecular weight is 444 g/mol. The van der Waals surface area contributed by atoms with Gasteiger partial charge in [0.2, 0.25) is 0 Å². The normalized spacial score (nSPS) is 41.1. The second-order valence-electron chi connectivity index (χ2n) is 7.67. The van der Waals surface area contributed by atoms with Crippen LogP contribution >= 0.6 is 0 Å². The van der Waals surface area contributed by atoms with Gasteiger partial charge >= 0.3 is 0 Å². The smallest absolute Gasteiger partial charge is 0.187 e. The summed E-state index contributed by atoms with van der Waals surface area (Å²) in [6, 6.07) is 8.31. The Labute approximate surface area is 178 Å². The molecule has 31 heavy (non-hydrogen) atoms. The first kappa shape index (κ1) is 24.1. The van der Waals surface area contributed by atoms with Crippen LogP contribution in [-0.2, 0) is 14.2 Å². The zero-order valence-electron chi connectivity index (χ0n) is 16.5. The number of ketones is 1. The molecule has 11 nitrogen and oxygen atoms in total. The van der Waals surface area contributed by atoms with Gasteiger partial charge in [0.05, 0.1) is 19.3 Å². The van der Waals surface area contributed by atoms with Crippen molar-refractivity contribution in [2.75, 3.05) is 13.2 Å². The van der Waals surface area contributed by atoms with Crippen molar-refractivity contribution in [3.05, 3.63) is 35.9 Å². The van der Waals surface area contributed by atoms with E-state index >= 15 is 0 Å². The van der Waals surface area contributed by atoms with Crippen molar-refractivity contribution < 1.29 is 54.8 Å². The third-order valence-corrected chi connectivity index (χ3v) is 5.59. The van der Waals surface area contributed by atoms with E-state index in [-0.39, 0.29) is 12.2 Å². The van der Waals surface area contributed by atoms with Gasteiger partial charge in [0.25, 0.3) is 0 Å². The third kappa shape index (κ3) is 5.12. The predicted octanol–water partition coefficient (Wildman–Crippen LogP) is -3.07. The fourth-order valence-corrected chi connectivity index (χ4v) is 3.76. The van der Waals surface area contributed by atoms with Gasteiger partial charge in [-0.15, -0.1) is 0 Å². The molecule has 3 rings (SSSR count). The highest BCUT2D eigenvalue weighted by Gasteiger charge is 2.50. The highest BCUT2D eigenvalue weighted by atomic mass is 16.7. The Bertz CT molecular complexity index is 712. The van der Waals surface area contributed by atoms with Crippen LogP contribution in [0, 0.1) is 0 Å². The van der Waals surface area contributed by atoms with Crippen LogP contribution in [0.3, 0.4) is 0 Å². The average Bonchev–Trinajstić information content (AvgIpc) is 2.79. The Morgan fingerprint density at radius 1 is 0.774 bits per heavy atom. The van der Waals surface area contributed by atoms with Gasteiger partial charge in [-0.1, -0.05) is 30.3 Å². The molecule has 7 N–H and O–H groups in total. The lowest BCUT2D eigenvalue weighted by Gasteiger charge is -2.46. The molecule has 1 aromatic rings. The molecule has 0 bridgehead atoms. The summed E-state index contributed by atoms with van der Waals surface area (Å²) in [6.45, 7) is -1.33. The van der Waals surface area contributed by atoms with E-state index in [1.807, 2.05) is 0 Å². The number of carbonyl (C=O) groups excluding carboxylic acids is 1. The lowest BCUT2D eigenvalue weighted by Crippen LogP contribution is -2.64. The number of hydrogen-bond acceptors (Lipinski definition) is 11. The van der Waals surface area contributed by atoms with E-state index in [4.69, 9.17) is 14.2 Å². The maximum absolute atomic E-state index is 12.4. The summed E-state index contributed by atoms with van der Waals surface area (Å²) >= 11 is 0. The minimum atomic E-state index is -1.74. The molecule has 0 aromatic heterocycles. The van der Waals surface area contributed by atoms with Crippen LogP contribution in [-0.4, -0.2) is 116 Å². The zero-order chi connectivity index (χ0) is 22.7. The first-order chi connectivity index (χ1) is 14.8. The van der Waals surface area contributed by atoms with Crippen LogP contribution in [0.4, 0.5) is 0 Å². The summed E-state index contributed by atoms with van der Waals surface area (Å²) in [5.41, 5.74) is 0.396. The maximum Gasteiger partial charge on any atom is 0.187 e. The Kier molecular flexibility index (Phi) is 8.10. The molecular formula is C20H28O11. The van der Waals surface area contributed by atoms with Gasteiger partial charge in [-0.3, -0.25) is 4.79 Å². The number of aliphatic hydroxyl groups excluding tert-OH is 7. The molecule has 2 fully saturated rings. The van der Waals surface area contributed by atoms with Gasteiger partial charge in [-0.2, -0.15) is 0 Å². The Morgan fingerprint density at radius 3 is 2.00 bits per heavy atom. The van der Waals surface area contributed by atoms with Crippen LogP contribution in [0.5, 0.6) is 0 Å². The number of carbonyl (C=O) groups is 1. The summed E-state index contributed by atoms with van der Waals surface area (Å²) in [6.07, 6.45) is -15.0. The van der Waals surface area contributed by atoms with Crippen molar-refractivity contribution in [2.45, 2.75) is 67.6 Å². The fourth-order valence-electron chi connectivity index (χ4n) is 3.76. The van der Waals surface area contributed by atoms with Crippen LogP contribution < -0.4 is 0 Å². The van der Waals surface area contributed by atoms with Crippen molar-refractivity contribution in [2.24, 2.45) is 0 Å². The molecule has 0 spiro atoms. The van der Waals surface area contributed by atoms with Crippen molar-refractivity contribution in [1.82, 2.24) is 0 Å². The number of Topliss-reactive ketones (excluding diaryl/α,β-unsaturated/α-hetero) is 1. The molecule has 0 radical (unpaired) electrons. The van der Waals surface area contributed by atoms with Crippen LogP contribution in [0.2, 0.25) is 0 Å². The number of hydrogen-bond donors (Lipinski definition) is 7. The highest BCUT2D eigenvalue weighted by Crippen LogP contribution is 2.30. The van der Waals surface area contributed by atoms with Crippen molar-refractivity contribution in [3.8, 4) is 0 Å². The predicted molar refractivity (Wildman–Crippen MR) is 102 cm³/mol. The quantitative estimate of drug-likeness (QED) is 0.212. The van der Waals surface area contributed by atoms with Gasteiger partial charge in [-0.05, 0) is 0 Å². The molecule has 0 aliphatic carbocycles. The highest BCUT2D eigenvalue weighted by molar-refractivity contribution is 5.96. The summed E-state index contributed by atoms with van der Waals surface area (Å²) in [7, 11) is 0. The summed E-state index contributed by atoms with van der Waals surface area (Å²) in [5.74, 6) is -0.332. The SMILES string of the molecule is O=C(C[C@@H]1O[C@H](CO)[C@@H](O[C@@H]2O[C@H](CO)[C@H](O)[C@H](O)[C@H]2O)[C@H](O)[C@H]1O)c1ccccc1. The number of benzene rings is 1. The molecule has 2 saturated heterocycles. The molecule has 1 aromatic carbocycles. The molecule has 0 saturated carbocycles. The van der Waals surface area contributed by atoms with Gasteiger partial charge in [0.1, 0.15) is 48.8 Å². The second kappa shape index (κ2) is 10.4. The van der Waals surface area contributed by atoms with E-state index in [0.717, 1.165) is 0 Å². The summed E-state index contributed by atoms with van der Waals surface area (Å²) in [4.78, 5) is 12.4. The van der Waals surface area contributed by atoms with E-state index in [1.54, 1.807) is 30.3 Å². The minimum Gasteiger partial charge on any atom is -0.394 e. The summed E-state index contributed by atoms with van der Waals surface area (Å²) < 4.78 is 16.3. The van der Waals surface area contributed by atoms with E-state index in [0.29, 0.717) is 5.56 Å². The summed E-state index contributed by atoms with van der Waals surface area (Å²) in [5, 5.41) is 69.9. The first-order valence-corrected chi connectivity index (χ1v) is 9.95. The number of rotatable bonds is 7. The van der Waals surface area contributed by atoms with Crippen LogP contribution in [0.1, 0.15) is 16.8 Å². The lowest BCUT2D eigenvalue weighted by molar-refractivity contribution is -0.341. The molecule has 2 aliphatic rings. The fraction of sp³-hybridized carbons (Fsp3) is 0.650. The third-order valence-electron chi connectivity index (χ3n) is 5.59. The molecular weight excluding hydrogens is 416 g/mol. The van der Waals surface area contributed by atoms with E-state index in [2.05, 4.69) is 0 Å². The van der Waals surface area contributed by atoms with E-state index in [9.17, 15) is 40.5 Å². The van der Waals surface area contributed by atoms with Gasteiger partial charge in [0, 0.05) is 12.0 Å². The number of ether oxygens (including phenoxy) is 3. The second-order valence-corrected chi connectivity index (χ2v) is 7.67. The maximum atomic E-state index is 12.4. The van der Waals surface area contributed by atoms with Gasteiger partial charge in [0.15, 0.2) is 12.1 Å². The Morgan fingerprint density at radius 2 is 1.39 bits per heavy atom. The molecule has 10 atom stereocenters. The minimum absolute atomic E-state index is 0.258. The first-order valence-electron chi connectivity index (χ1n) is 9.95. The lowest BCUT2D eigenvalue weighted by atomic mass is 9.91. The van der Waals surface area contributed by atoms with E-state index < -0.39 is 74.4 Å². The van der Waals surface area contributed by atoms with Crippen molar-refractivity contribution in [3.63, 3.8) is 0 Å². The van der Waals surface area contributed by atoms with Gasteiger partial charge in [-0.25, -0.2) is 0 Å². The number of aliphatic hydroxyl groups is 7. The van der Waals surface area contributed by atoms with Crippen LogP contribution in [0.15, 0.2) is 30.3 Å². The molecule has 174 valence electrons. The topological polar surface area (TPSA) is 186 Å². The molecule has 0 amide bonds. The van der Waals surface area contributed by atoms with E-state index in [1.165, 1.54) is 0 Å². The van der Waals surface area contributed by atoms with Crippen molar-refractivity contribution >= 4 is 5.78 Å². The van der Waals surface area contributed by atoms with Gasteiger partial charge < -0.3 is 50.0 Å². The monoisotopic (exact) mass is 444 g/mol. The van der Waals surface area contributed by atoms with Crippen molar-refractivity contribution in [1.29, 1.82) is 0 Å². The molecule has 0 unspecified atom stereocenters. The molecule has 2 aliphatic heterocycles. The van der Waals surface area contributed by atoms with Crippen LogP contribution in [0.25, 0.3) is 0 Å². The Hall–Kier alpha value is -1.51. The Balaban J connectivity index is 1.70.